The maximum absolute atomic E-state index is 9.99. The van der Waals surface area contributed by atoms with Crippen LogP contribution in [0, 0.1) is 5.92 Å². The summed E-state index contributed by atoms with van der Waals surface area (Å²) in [5.41, 5.74) is 0.902. The van der Waals surface area contributed by atoms with E-state index in [0.29, 0.717) is 23.5 Å². The molecule has 0 radical (unpaired) electrons. The Kier molecular flexibility index (Phi) is 5.96. The minimum Gasteiger partial charge on any atom is -0.387 e. The van der Waals surface area contributed by atoms with Crippen LogP contribution < -0.4 is 5.32 Å². The Morgan fingerprint density at radius 1 is 1.18 bits per heavy atom. The van der Waals surface area contributed by atoms with Crippen LogP contribution in [-0.2, 0) is 0 Å². The highest BCUT2D eigenvalue weighted by Crippen LogP contribution is 2.16. The second-order valence-corrected chi connectivity index (χ2v) is 5.44. The van der Waals surface area contributed by atoms with Crippen molar-refractivity contribution in [2.24, 2.45) is 5.92 Å². The monoisotopic (exact) mass is 255 g/mol. The predicted molar refractivity (Wildman–Crippen MR) is 73.3 cm³/mol. The van der Waals surface area contributed by atoms with E-state index in [1.165, 1.54) is 0 Å². The first-order chi connectivity index (χ1) is 7.99. The highest BCUT2D eigenvalue weighted by molar-refractivity contribution is 6.30. The molecular formula is C14H22ClNO. The van der Waals surface area contributed by atoms with Gasteiger partial charge in [-0.15, -0.1) is 0 Å². The minimum atomic E-state index is -0.470. The molecule has 1 rings (SSSR count). The van der Waals surface area contributed by atoms with Gasteiger partial charge in [-0.05, 0) is 37.0 Å². The van der Waals surface area contributed by atoms with Crippen LogP contribution in [-0.4, -0.2) is 17.7 Å². The molecule has 2 nitrogen and oxygen atoms in total. The maximum atomic E-state index is 9.99. The number of rotatable bonds is 6. The fourth-order valence-electron chi connectivity index (χ4n) is 1.91. The normalized spacial score (nSPS) is 14.9. The molecule has 0 bridgehead atoms. The van der Waals surface area contributed by atoms with Crippen molar-refractivity contribution in [3.63, 3.8) is 0 Å². The summed E-state index contributed by atoms with van der Waals surface area (Å²) in [6.45, 7) is 7.13. The van der Waals surface area contributed by atoms with Gasteiger partial charge in [0, 0.05) is 17.6 Å². The van der Waals surface area contributed by atoms with E-state index in [9.17, 15) is 5.11 Å². The van der Waals surface area contributed by atoms with Crippen molar-refractivity contribution >= 4 is 11.6 Å². The van der Waals surface area contributed by atoms with Crippen LogP contribution in [0.2, 0.25) is 5.02 Å². The van der Waals surface area contributed by atoms with Gasteiger partial charge < -0.3 is 10.4 Å². The lowest BCUT2D eigenvalue weighted by Gasteiger charge is -2.18. The topological polar surface area (TPSA) is 32.3 Å². The summed E-state index contributed by atoms with van der Waals surface area (Å²) < 4.78 is 0. The second-order valence-electron chi connectivity index (χ2n) is 5.01. The average molecular weight is 256 g/mol. The third kappa shape index (κ3) is 5.53. The standard InChI is InChI=1S/C14H22ClNO/c1-10(2)8-11(3)16-9-14(17)12-4-6-13(15)7-5-12/h4-7,10-11,14,16-17H,8-9H2,1-3H3. The molecule has 0 amide bonds. The fourth-order valence-corrected chi connectivity index (χ4v) is 2.03. The molecule has 2 atom stereocenters. The third-order valence-corrected chi connectivity index (χ3v) is 2.99. The van der Waals surface area contributed by atoms with Gasteiger partial charge in [0.15, 0.2) is 0 Å². The summed E-state index contributed by atoms with van der Waals surface area (Å²) in [5, 5.41) is 14.0. The third-order valence-electron chi connectivity index (χ3n) is 2.74. The first-order valence-corrected chi connectivity index (χ1v) is 6.53. The van der Waals surface area contributed by atoms with Crippen LogP contribution in [0.4, 0.5) is 0 Å². The number of hydrogen-bond acceptors (Lipinski definition) is 2. The lowest BCUT2D eigenvalue weighted by molar-refractivity contribution is 0.169. The van der Waals surface area contributed by atoms with Gasteiger partial charge in [0.25, 0.3) is 0 Å². The number of nitrogens with one attached hydrogen (secondary N) is 1. The first-order valence-electron chi connectivity index (χ1n) is 6.16. The summed E-state index contributed by atoms with van der Waals surface area (Å²) >= 11 is 5.80. The molecular weight excluding hydrogens is 234 g/mol. The zero-order valence-corrected chi connectivity index (χ0v) is 11.5. The number of halogens is 1. The Hall–Kier alpha value is -0.570. The highest BCUT2D eigenvalue weighted by atomic mass is 35.5. The highest BCUT2D eigenvalue weighted by Gasteiger charge is 2.10. The molecule has 2 N–H and O–H groups in total. The van der Waals surface area contributed by atoms with Crippen LogP contribution in [0.25, 0.3) is 0 Å². The van der Waals surface area contributed by atoms with E-state index in [1.807, 2.05) is 12.1 Å². The average Bonchev–Trinajstić information content (AvgIpc) is 2.26. The van der Waals surface area contributed by atoms with Crippen molar-refractivity contribution in [1.29, 1.82) is 0 Å². The van der Waals surface area contributed by atoms with E-state index in [4.69, 9.17) is 11.6 Å². The number of benzene rings is 1. The zero-order chi connectivity index (χ0) is 12.8. The van der Waals surface area contributed by atoms with E-state index in [1.54, 1.807) is 12.1 Å². The molecule has 0 saturated carbocycles. The van der Waals surface area contributed by atoms with E-state index >= 15 is 0 Å². The molecule has 0 saturated heterocycles. The molecule has 0 aliphatic rings. The Labute approximate surface area is 109 Å². The molecule has 0 spiro atoms. The van der Waals surface area contributed by atoms with Crippen molar-refractivity contribution in [3.05, 3.63) is 34.9 Å². The van der Waals surface area contributed by atoms with Crippen molar-refractivity contribution in [1.82, 2.24) is 5.32 Å². The lowest BCUT2D eigenvalue weighted by atomic mass is 10.0. The SMILES string of the molecule is CC(C)CC(C)NCC(O)c1ccc(Cl)cc1. The molecule has 0 heterocycles. The molecule has 0 aliphatic carbocycles. The van der Waals surface area contributed by atoms with Crippen molar-refractivity contribution in [2.45, 2.75) is 39.3 Å². The van der Waals surface area contributed by atoms with Gasteiger partial charge >= 0.3 is 0 Å². The van der Waals surface area contributed by atoms with Gasteiger partial charge in [-0.25, -0.2) is 0 Å². The maximum Gasteiger partial charge on any atom is 0.0914 e. The smallest absolute Gasteiger partial charge is 0.0914 e. The molecule has 0 fully saturated rings. The molecule has 17 heavy (non-hydrogen) atoms. The number of aliphatic hydroxyl groups excluding tert-OH is 1. The van der Waals surface area contributed by atoms with Gasteiger partial charge in [-0.1, -0.05) is 37.6 Å². The molecule has 2 unspecified atom stereocenters. The molecule has 0 aliphatic heterocycles. The van der Waals surface area contributed by atoms with Gasteiger partial charge in [0.1, 0.15) is 0 Å². The van der Waals surface area contributed by atoms with E-state index in [-0.39, 0.29) is 0 Å². The molecule has 3 heteroatoms. The largest absolute Gasteiger partial charge is 0.387 e. The molecule has 0 aromatic heterocycles. The first kappa shape index (κ1) is 14.5. The van der Waals surface area contributed by atoms with Crippen LogP contribution in [0.3, 0.4) is 0 Å². The summed E-state index contributed by atoms with van der Waals surface area (Å²) in [4.78, 5) is 0. The predicted octanol–water partition coefficient (Wildman–Crippen LogP) is 3.40. The zero-order valence-electron chi connectivity index (χ0n) is 10.8. The summed E-state index contributed by atoms with van der Waals surface area (Å²) in [6.07, 6.45) is 0.648. The Bertz CT molecular complexity index is 323. The second kappa shape index (κ2) is 7.00. The van der Waals surface area contributed by atoms with E-state index < -0.39 is 6.10 Å². The summed E-state index contributed by atoms with van der Waals surface area (Å²) in [7, 11) is 0. The molecule has 96 valence electrons. The van der Waals surface area contributed by atoms with Crippen molar-refractivity contribution in [3.8, 4) is 0 Å². The minimum absolute atomic E-state index is 0.428. The van der Waals surface area contributed by atoms with Gasteiger partial charge in [-0.2, -0.15) is 0 Å². The molecule has 1 aromatic rings. The Balaban J connectivity index is 2.39. The number of hydrogen-bond donors (Lipinski definition) is 2. The Morgan fingerprint density at radius 2 is 1.76 bits per heavy atom. The number of aliphatic hydroxyl groups is 1. The van der Waals surface area contributed by atoms with Gasteiger partial charge in [0.2, 0.25) is 0 Å². The lowest BCUT2D eigenvalue weighted by Crippen LogP contribution is -2.31. The van der Waals surface area contributed by atoms with Crippen molar-refractivity contribution < 1.29 is 5.11 Å². The van der Waals surface area contributed by atoms with Gasteiger partial charge in [-0.3, -0.25) is 0 Å². The van der Waals surface area contributed by atoms with E-state index in [2.05, 4.69) is 26.1 Å². The molecule has 1 aromatic carbocycles. The van der Waals surface area contributed by atoms with E-state index in [0.717, 1.165) is 12.0 Å². The quantitative estimate of drug-likeness (QED) is 0.817. The summed E-state index contributed by atoms with van der Waals surface area (Å²) in [6, 6.07) is 7.76. The van der Waals surface area contributed by atoms with Crippen LogP contribution in [0.5, 0.6) is 0 Å². The fraction of sp³-hybridized carbons (Fsp3) is 0.571. The van der Waals surface area contributed by atoms with Gasteiger partial charge in [0.05, 0.1) is 6.10 Å². The van der Waals surface area contributed by atoms with Crippen LogP contribution in [0.1, 0.15) is 38.9 Å². The Morgan fingerprint density at radius 3 is 2.29 bits per heavy atom. The summed E-state index contributed by atoms with van der Waals surface area (Å²) in [5.74, 6) is 0.671. The van der Waals surface area contributed by atoms with Crippen LogP contribution >= 0.6 is 11.6 Å². The van der Waals surface area contributed by atoms with Crippen LogP contribution in [0.15, 0.2) is 24.3 Å². The van der Waals surface area contributed by atoms with Crippen molar-refractivity contribution in [2.75, 3.05) is 6.54 Å².